The Morgan fingerprint density at radius 1 is 1.47 bits per heavy atom. The highest BCUT2D eigenvalue weighted by Gasteiger charge is 2.37. The number of hydrogen-bond donors (Lipinski definition) is 1. The third kappa shape index (κ3) is 3.43. The molecule has 5 nitrogen and oxygen atoms in total. The molecule has 17 heavy (non-hydrogen) atoms. The first kappa shape index (κ1) is 14.0. The summed E-state index contributed by atoms with van der Waals surface area (Å²) in [7, 11) is 1.64. The molecule has 0 aromatic heterocycles. The minimum absolute atomic E-state index is 0.0213. The molecule has 1 aliphatic rings. The molecule has 5 heteroatoms. The predicted molar refractivity (Wildman–Crippen MR) is 64.5 cm³/mol. The van der Waals surface area contributed by atoms with Crippen molar-refractivity contribution in [2.75, 3.05) is 20.3 Å². The Morgan fingerprint density at radius 3 is 2.71 bits per heavy atom. The maximum atomic E-state index is 12.3. The van der Waals surface area contributed by atoms with Gasteiger partial charge < -0.3 is 15.0 Å². The third-order valence-electron chi connectivity index (χ3n) is 3.10. The summed E-state index contributed by atoms with van der Waals surface area (Å²) in [5, 5.41) is 2.75. The van der Waals surface area contributed by atoms with Gasteiger partial charge in [-0.1, -0.05) is 0 Å². The van der Waals surface area contributed by atoms with E-state index in [1.165, 1.54) is 0 Å². The van der Waals surface area contributed by atoms with E-state index in [1.807, 2.05) is 6.92 Å². The molecule has 1 N–H and O–H groups in total. The van der Waals surface area contributed by atoms with Crippen molar-refractivity contribution in [3.05, 3.63) is 0 Å². The number of carbonyl (C=O) groups excluding carboxylic acids is 2. The molecular formula is C12H22N2O3. The SMILES string of the molecule is COCCC(C)N1CCC(=O)NC(C)(C)C1=O. The van der Waals surface area contributed by atoms with Crippen molar-refractivity contribution in [3.8, 4) is 0 Å². The second-order valence-electron chi connectivity index (χ2n) is 5.05. The van der Waals surface area contributed by atoms with Crippen LogP contribution in [0.3, 0.4) is 0 Å². The van der Waals surface area contributed by atoms with Crippen LogP contribution in [0.5, 0.6) is 0 Å². The largest absolute Gasteiger partial charge is 0.385 e. The number of methoxy groups -OCH3 is 1. The van der Waals surface area contributed by atoms with Crippen molar-refractivity contribution in [1.29, 1.82) is 0 Å². The lowest BCUT2D eigenvalue weighted by Gasteiger charge is -2.33. The molecular weight excluding hydrogens is 220 g/mol. The molecule has 0 spiro atoms. The van der Waals surface area contributed by atoms with Crippen LogP contribution in [-0.4, -0.2) is 48.6 Å². The lowest BCUT2D eigenvalue weighted by molar-refractivity contribution is -0.139. The number of hydrogen-bond acceptors (Lipinski definition) is 3. The summed E-state index contributed by atoms with van der Waals surface area (Å²) in [6, 6.07) is 0.0921. The van der Waals surface area contributed by atoms with Crippen molar-refractivity contribution in [2.24, 2.45) is 0 Å². The van der Waals surface area contributed by atoms with Gasteiger partial charge in [-0.15, -0.1) is 0 Å². The van der Waals surface area contributed by atoms with Gasteiger partial charge in [0.25, 0.3) is 0 Å². The summed E-state index contributed by atoms with van der Waals surface area (Å²) in [5.41, 5.74) is -0.811. The average Bonchev–Trinajstić information content (AvgIpc) is 2.34. The summed E-state index contributed by atoms with van der Waals surface area (Å²) in [6.45, 7) is 6.58. The highest BCUT2D eigenvalue weighted by Crippen LogP contribution is 2.17. The fraction of sp³-hybridized carbons (Fsp3) is 0.833. The van der Waals surface area contributed by atoms with E-state index in [9.17, 15) is 9.59 Å². The van der Waals surface area contributed by atoms with Crippen LogP contribution in [0.2, 0.25) is 0 Å². The van der Waals surface area contributed by atoms with Crippen LogP contribution in [-0.2, 0) is 14.3 Å². The standard InChI is InChI=1S/C12H22N2O3/c1-9(6-8-17-4)14-7-5-10(15)13-12(2,3)11(14)16/h9H,5-8H2,1-4H3,(H,13,15). The topological polar surface area (TPSA) is 58.6 Å². The highest BCUT2D eigenvalue weighted by atomic mass is 16.5. The van der Waals surface area contributed by atoms with Gasteiger partial charge in [0.2, 0.25) is 11.8 Å². The first-order chi connectivity index (χ1) is 7.88. The van der Waals surface area contributed by atoms with E-state index in [0.717, 1.165) is 6.42 Å². The van der Waals surface area contributed by atoms with Gasteiger partial charge in [-0.2, -0.15) is 0 Å². The van der Waals surface area contributed by atoms with Crippen LogP contribution in [0.15, 0.2) is 0 Å². The number of carbonyl (C=O) groups is 2. The summed E-state index contributed by atoms with van der Waals surface area (Å²) < 4.78 is 5.02. The van der Waals surface area contributed by atoms with E-state index in [-0.39, 0.29) is 17.9 Å². The number of ether oxygens (including phenoxy) is 1. The monoisotopic (exact) mass is 242 g/mol. The smallest absolute Gasteiger partial charge is 0.247 e. The Hall–Kier alpha value is -1.10. The van der Waals surface area contributed by atoms with Gasteiger partial charge in [0, 0.05) is 32.7 Å². The van der Waals surface area contributed by atoms with E-state index >= 15 is 0 Å². The molecule has 1 fully saturated rings. The number of nitrogens with one attached hydrogen (secondary N) is 1. The molecule has 1 heterocycles. The first-order valence-corrected chi connectivity index (χ1v) is 5.99. The summed E-state index contributed by atoms with van der Waals surface area (Å²) in [5.74, 6) is -0.0863. The van der Waals surface area contributed by atoms with Crippen molar-refractivity contribution in [2.45, 2.75) is 45.2 Å². The van der Waals surface area contributed by atoms with Gasteiger partial charge in [-0.3, -0.25) is 9.59 Å². The minimum Gasteiger partial charge on any atom is -0.385 e. The molecule has 0 bridgehead atoms. The van der Waals surface area contributed by atoms with Gasteiger partial charge >= 0.3 is 0 Å². The molecule has 1 unspecified atom stereocenters. The molecule has 1 saturated heterocycles. The number of rotatable bonds is 4. The lowest BCUT2D eigenvalue weighted by atomic mass is 10.0. The molecule has 0 saturated carbocycles. The maximum Gasteiger partial charge on any atom is 0.247 e. The van der Waals surface area contributed by atoms with Crippen LogP contribution in [0.1, 0.15) is 33.6 Å². The van der Waals surface area contributed by atoms with E-state index in [0.29, 0.717) is 19.6 Å². The van der Waals surface area contributed by atoms with Crippen molar-refractivity contribution < 1.29 is 14.3 Å². The van der Waals surface area contributed by atoms with Gasteiger partial charge in [0.1, 0.15) is 5.54 Å². The lowest BCUT2D eigenvalue weighted by Crippen LogP contribution is -2.54. The van der Waals surface area contributed by atoms with Gasteiger partial charge in [0.15, 0.2) is 0 Å². The average molecular weight is 242 g/mol. The summed E-state index contributed by atoms with van der Waals surface area (Å²) >= 11 is 0. The van der Waals surface area contributed by atoms with E-state index in [4.69, 9.17) is 4.74 Å². The molecule has 98 valence electrons. The van der Waals surface area contributed by atoms with Gasteiger partial charge in [-0.05, 0) is 27.2 Å². The zero-order valence-electron chi connectivity index (χ0n) is 11.1. The van der Waals surface area contributed by atoms with E-state index in [2.05, 4.69) is 5.32 Å². The highest BCUT2D eigenvalue weighted by molar-refractivity contribution is 5.92. The molecule has 1 aliphatic heterocycles. The van der Waals surface area contributed by atoms with Crippen LogP contribution in [0, 0.1) is 0 Å². The number of amides is 2. The van der Waals surface area contributed by atoms with Gasteiger partial charge in [-0.25, -0.2) is 0 Å². The van der Waals surface area contributed by atoms with Crippen molar-refractivity contribution in [1.82, 2.24) is 10.2 Å². The normalized spacial score (nSPS) is 22.0. The third-order valence-corrected chi connectivity index (χ3v) is 3.10. The molecule has 0 aromatic carbocycles. The minimum atomic E-state index is -0.811. The molecule has 1 rings (SSSR count). The Bertz CT molecular complexity index is 302. The second-order valence-corrected chi connectivity index (χ2v) is 5.05. The van der Waals surface area contributed by atoms with Gasteiger partial charge in [0.05, 0.1) is 0 Å². The Balaban J connectivity index is 2.76. The van der Waals surface area contributed by atoms with Crippen LogP contribution >= 0.6 is 0 Å². The van der Waals surface area contributed by atoms with Crippen LogP contribution in [0.25, 0.3) is 0 Å². The Morgan fingerprint density at radius 2 is 2.12 bits per heavy atom. The Labute approximate surface area is 102 Å². The fourth-order valence-corrected chi connectivity index (χ4v) is 2.01. The summed E-state index contributed by atoms with van der Waals surface area (Å²) in [4.78, 5) is 25.6. The maximum absolute atomic E-state index is 12.3. The summed E-state index contributed by atoms with van der Waals surface area (Å²) in [6.07, 6.45) is 1.15. The van der Waals surface area contributed by atoms with Crippen LogP contribution < -0.4 is 5.32 Å². The molecule has 2 amide bonds. The molecule has 0 aromatic rings. The van der Waals surface area contributed by atoms with Crippen molar-refractivity contribution >= 4 is 11.8 Å². The quantitative estimate of drug-likeness (QED) is 0.782. The van der Waals surface area contributed by atoms with E-state index < -0.39 is 5.54 Å². The Kier molecular flexibility index (Phi) is 4.51. The number of nitrogens with zero attached hydrogens (tertiary/aromatic N) is 1. The van der Waals surface area contributed by atoms with E-state index in [1.54, 1.807) is 25.9 Å². The van der Waals surface area contributed by atoms with Crippen LogP contribution in [0.4, 0.5) is 0 Å². The molecule has 1 atom stereocenters. The van der Waals surface area contributed by atoms with Crippen molar-refractivity contribution in [3.63, 3.8) is 0 Å². The predicted octanol–water partition coefficient (Wildman–Crippen LogP) is 0.538. The zero-order valence-corrected chi connectivity index (χ0v) is 11.1. The fourth-order valence-electron chi connectivity index (χ4n) is 2.01. The molecule has 0 radical (unpaired) electrons. The molecule has 0 aliphatic carbocycles. The second kappa shape index (κ2) is 5.49. The zero-order chi connectivity index (χ0) is 13.1. The first-order valence-electron chi connectivity index (χ1n) is 5.99.